The van der Waals surface area contributed by atoms with Gasteiger partial charge in [-0.15, -0.1) is 0 Å². The fourth-order valence-corrected chi connectivity index (χ4v) is 3.82. The maximum absolute atomic E-state index is 12.5. The number of nitrogens with one attached hydrogen (secondary N) is 3. The van der Waals surface area contributed by atoms with E-state index in [0.29, 0.717) is 11.4 Å². The Balaban J connectivity index is 1.65. The summed E-state index contributed by atoms with van der Waals surface area (Å²) in [5.74, 6) is 0. The molecule has 3 N–H and O–H groups in total. The van der Waals surface area contributed by atoms with E-state index in [4.69, 9.17) is 0 Å². The van der Waals surface area contributed by atoms with Crippen LogP contribution in [0.25, 0.3) is 0 Å². The van der Waals surface area contributed by atoms with Crippen molar-refractivity contribution in [1.29, 1.82) is 0 Å². The van der Waals surface area contributed by atoms with Crippen molar-refractivity contribution in [2.24, 2.45) is 0 Å². The van der Waals surface area contributed by atoms with Gasteiger partial charge in [0.05, 0.1) is 9.82 Å². The van der Waals surface area contributed by atoms with E-state index in [1.54, 1.807) is 30.3 Å². The first-order valence-electron chi connectivity index (χ1n) is 9.32. The number of aryl methyl sites for hydroxylation is 1. The summed E-state index contributed by atoms with van der Waals surface area (Å²) in [4.78, 5) is 22.7. The zero-order chi connectivity index (χ0) is 22.4. The molecule has 0 heterocycles. The van der Waals surface area contributed by atoms with Gasteiger partial charge in [-0.1, -0.05) is 31.2 Å². The van der Waals surface area contributed by atoms with Crippen molar-refractivity contribution in [2.75, 3.05) is 15.4 Å². The van der Waals surface area contributed by atoms with E-state index in [0.717, 1.165) is 12.0 Å². The van der Waals surface area contributed by atoms with Crippen LogP contribution in [0.4, 0.5) is 27.5 Å². The maximum Gasteiger partial charge on any atom is 0.323 e. The Hall–Kier alpha value is -3.92. The minimum Gasteiger partial charge on any atom is -0.308 e. The summed E-state index contributed by atoms with van der Waals surface area (Å²) in [5.41, 5.74) is 1.57. The first-order chi connectivity index (χ1) is 14.8. The molecule has 9 nitrogen and oxygen atoms in total. The predicted molar refractivity (Wildman–Crippen MR) is 119 cm³/mol. The van der Waals surface area contributed by atoms with Gasteiger partial charge in [0.2, 0.25) is 0 Å². The zero-order valence-electron chi connectivity index (χ0n) is 16.5. The van der Waals surface area contributed by atoms with Crippen molar-refractivity contribution in [3.63, 3.8) is 0 Å². The van der Waals surface area contributed by atoms with E-state index >= 15 is 0 Å². The quantitative estimate of drug-likeness (QED) is 0.365. The van der Waals surface area contributed by atoms with Crippen LogP contribution in [-0.2, 0) is 16.4 Å². The van der Waals surface area contributed by atoms with Gasteiger partial charge in [-0.3, -0.25) is 14.8 Å². The van der Waals surface area contributed by atoms with Crippen molar-refractivity contribution in [3.05, 3.63) is 88.5 Å². The molecule has 0 bridgehead atoms. The molecule has 3 aromatic carbocycles. The smallest absolute Gasteiger partial charge is 0.308 e. The molecule has 0 aromatic heterocycles. The molecule has 0 fully saturated rings. The third-order valence-corrected chi connectivity index (χ3v) is 5.78. The van der Waals surface area contributed by atoms with Gasteiger partial charge in [-0.2, -0.15) is 0 Å². The molecule has 160 valence electrons. The monoisotopic (exact) mass is 440 g/mol. The molecule has 0 aliphatic heterocycles. The number of nitro groups is 1. The molecule has 3 aromatic rings. The number of sulfonamides is 1. The number of urea groups is 1. The van der Waals surface area contributed by atoms with Crippen LogP contribution >= 0.6 is 0 Å². The third kappa shape index (κ3) is 5.58. The highest BCUT2D eigenvalue weighted by Gasteiger charge is 2.16. The average Bonchev–Trinajstić information content (AvgIpc) is 2.75. The fraction of sp³-hybridized carbons (Fsp3) is 0.0952. The molecular weight excluding hydrogens is 420 g/mol. The summed E-state index contributed by atoms with van der Waals surface area (Å²) >= 11 is 0. The Bertz CT molecular complexity index is 1190. The zero-order valence-corrected chi connectivity index (χ0v) is 17.3. The summed E-state index contributed by atoms with van der Waals surface area (Å²) < 4.78 is 27.5. The van der Waals surface area contributed by atoms with E-state index in [9.17, 15) is 23.3 Å². The third-order valence-electron chi connectivity index (χ3n) is 4.39. The van der Waals surface area contributed by atoms with Crippen molar-refractivity contribution >= 4 is 38.8 Å². The topological polar surface area (TPSA) is 130 Å². The van der Waals surface area contributed by atoms with Gasteiger partial charge < -0.3 is 10.6 Å². The highest BCUT2D eigenvalue weighted by atomic mass is 32.2. The lowest BCUT2D eigenvalue weighted by molar-refractivity contribution is -0.383. The molecule has 0 saturated heterocycles. The van der Waals surface area contributed by atoms with Crippen LogP contribution in [0, 0.1) is 10.1 Å². The molecule has 3 rings (SSSR count). The first-order valence-corrected chi connectivity index (χ1v) is 10.8. The summed E-state index contributed by atoms with van der Waals surface area (Å²) in [7, 11) is -3.74. The molecular formula is C21H20N4O5S. The number of carbonyl (C=O) groups excluding carboxylic acids is 1. The molecule has 0 atom stereocenters. The fourth-order valence-electron chi connectivity index (χ4n) is 2.76. The lowest BCUT2D eigenvalue weighted by Gasteiger charge is -2.11. The molecule has 0 aliphatic rings. The van der Waals surface area contributed by atoms with Crippen molar-refractivity contribution in [3.8, 4) is 0 Å². The lowest BCUT2D eigenvalue weighted by atomic mass is 10.2. The second-order valence-electron chi connectivity index (χ2n) is 6.53. The number of benzene rings is 3. The molecule has 0 spiro atoms. The largest absolute Gasteiger partial charge is 0.323 e. The van der Waals surface area contributed by atoms with Gasteiger partial charge in [0.15, 0.2) is 0 Å². The Morgan fingerprint density at radius 3 is 2.13 bits per heavy atom. The van der Waals surface area contributed by atoms with Crippen molar-refractivity contribution in [2.45, 2.75) is 18.2 Å². The van der Waals surface area contributed by atoms with Gasteiger partial charge in [-0.25, -0.2) is 13.2 Å². The summed E-state index contributed by atoms with van der Waals surface area (Å²) in [5, 5.41) is 16.0. The molecule has 10 heteroatoms. The van der Waals surface area contributed by atoms with Crippen molar-refractivity contribution in [1.82, 2.24) is 0 Å². The Morgan fingerprint density at radius 2 is 1.52 bits per heavy atom. The number of hydrogen-bond acceptors (Lipinski definition) is 5. The Kier molecular flexibility index (Phi) is 6.51. The van der Waals surface area contributed by atoms with Crippen LogP contribution in [0.5, 0.6) is 0 Å². The Morgan fingerprint density at radius 1 is 0.903 bits per heavy atom. The van der Waals surface area contributed by atoms with Gasteiger partial charge in [0, 0.05) is 17.4 Å². The van der Waals surface area contributed by atoms with Crippen LogP contribution in [-0.4, -0.2) is 19.4 Å². The molecule has 0 saturated carbocycles. The first kappa shape index (κ1) is 21.8. The molecule has 0 radical (unpaired) electrons. The van der Waals surface area contributed by atoms with E-state index in [1.807, 2.05) is 6.92 Å². The van der Waals surface area contributed by atoms with E-state index in [-0.39, 0.29) is 16.3 Å². The summed E-state index contributed by atoms with van der Waals surface area (Å²) in [6, 6.07) is 17.7. The Labute approximate surface area is 179 Å². The van der Waals surface area contributed by atoms with Gasteiger partial charge in [-0.05, 0) is 54.4 Å². The van der Waals surface area contributed by atoms with E-state index in [1.165, 1.54) is 42.5 Å². The number of hydrogen-bond donors (Lipinski definition) is 3. The highest BCUT2D eigenvalue weighted by molar-refractivity contribution is 7.92. The number of nitrogens with zero attached hydrogens (tertiary/aromatic N) is 1. The van der Waals surface area contributed by atoms with Gasteiger partial charge in [0.25, 0.3) is 15.7 Å². The molecule has 0 unspecified atom stereocenters. The van der Waals surface area contributed by atoms with Gasteiger partial charge >= 0.3 is 6.03 Å². The van der Waals surface area contributed by atoms with Crippen LogP contribution in [0.2, 0.25) is 0 Å². The SMILES string of the molecule is CCc1ccc(S(=O)(=O)Nc2ccc(NC(=O)Nc3ccccc3[N+](=O)[O-])cc2)cc1. The molecule has 0 aliphatic carbocycles. The standard InChI is InChI=1S/C21H20N4O5S/c1-2-15-7-13-18(14-8-15)31(29,30)24-17-11-9-16(10-12-17)22-21(26)23-19-5-3-4-6-20(19)25(27)28/h3-14,24H,2H2,1H3,(H2,22,23,26). The average molecular weight is 440 g/mol. The minimum atomic E-state index is -3.74. The number of rotatable bonds is 7. The van der Waals surface area contributed by atoms with E-state index in [2.05, 4.69) is 15.4 Å². The lowest BCUT2D eigenvalue weighted by Crippen LogP contribution is -2.20. The van der Waals surface area contributed by atoms with Gasteiger partial charge in [0.1, 0.15) is 5.69 Å². The number of anilines is 3. The maximum atomic E-state index is 12.5. The molecule has 31 heavy (non-hydrogen) atoms. The number of nitro benzene ring substituents is 1. The highest BCUT2D eigenvalue weighted by Crippen LogP contribution is 2.24. The minimum absolute atomic E-state index is 0.0588. The predicted octanol–water partition coefficient (Wildman–Crippen LogP) is 4.60. The van der Waals surface area contributed by atoms with Crippen LogP contribution in [0.3, 0.4) is 0 Å². The van der Waals surface area contributed by atoms with Crippen molar-refractivity contribution < 1.29 is 18.1 Å². The van der Waals surface area contributed by atoms with Crippen LogP contribution in [0.1, 0.15) is 12.5 Å². The molecule has 2 amide bonds. The summed E-state index contributed by atoms with van der Waals surface area (Å²) in [6.07, 6.45) is 0.813. The summed E-state index contributed by atoms with van der Waals surface area (Å²) in [6.45, 7) is 1.98. The number of para-hydroxylation sites is 2. The number of amides is 2. The van der Waals surface area contributed by atoms with Crippen LogP contribution in [0.15, 0.2) is 77.7 Å². The normalized spacial score (nSPS) is 10.9. The second-order valence-corrected chi connectivity index (χ2v) is 8.22. The van der Waals surface area contributed by atoms with Crippen LogP contribution < -0.4 is 15.4 Å². The second kappa shape index (κ2) is 9.26. The van der Waals surface area contributed by atoms with E-state index < -0.39 is 21.0 Å². The number of carbonyl (C=O) groups is 1.